The average Bonchev–Trinajstić information content (AvgIpc) is 3.14. The Kier molecular flexibility index (Phi) is 5.27. The van der Waals surface area contributed by atoms with Crippen molar-refractivity contribution in [2.75, 3.05) is 39.4 Å². The summed E-state index contributed by atoms with van der Waals surface area (Å²) in [4.78, 5) is 21.1. The summed E-state index contributed by atoms with van der Waals surface area (Å²) in [5.41, 5.74) is 0. The minimum Gasteiger partial charge on any atom is -0.379 e. The summed E-state index contributed by atoms with van der Waals surface area (Å²) in [6.45, 7) is 9.33. The highest BCUT2D eigenvalue weighted by Gasteiger charge is 2.36. The Labute approximate surface area is 137 Å². The summed E-state index contributed by atoms with van der Waals surface area (Å²) in [5, 5.41) is 3.77. The molecule has 7 nitrogen and oxygen atoms in total. The fourth-order valence-corrected chi connectivity index (χ4v) is 3.53. The Morgan fingerprint density at radius 3 is 2.78 bits per heavy atom. The second-order valence-electron chi connectivity index (χ2n) is 6.58. The van der Waals surface area contributed by atoms with Crippen LogP contribution >= 0.6 is 0 Å². The molecule has 0 aliphatic carbocycles. The Bertz CT molecular complexity index is 527. The average molecular weight is 322 g/mol. The number of carbonyl (C=O) groups excluding carboxylic acids is 1. The second-order valence-corrected chi connectivity index (χ2v) is 6.58. The zero-order chi connectivity index (χ0) is 16.2. The molecular formula is C16H26N4O3. The van der Waals surface area contributed by atoms with E-state index in [-0.39, 0.29) is 5.91 Å². The second kappa shape index (κ2) is 7.40. The molecule has 2 aliphatic rings. The highest BCUT2D eigenvalue weighted by atomic mass is 16.5. The van der Waals surface area contributed by atoms with Gasteiger partial charge in [-0.05, 0) is 19.3 Å². The van der Waals surface area contributed by atoms with E-state index in [1.54, 1.807) is 6.92 Å². The molecule has 1 aromatic rings. The van der Waals surface area contributed by atoms with E-state index in [0.29, 0.717) is 36.5 Å². The van der Waals surface area contributed by atoms with Crippen molar-refractivity contribution in [2.45, 2.75) is 39.2 Å². The first kappa shape index (κ1) is 16.4. The van der Waals surface area contributed by atoms with Crippen molar-refractivity contribution in [1.82, 2.24) is 19.9 Å². The van der Waals surface area contributed by atoms with Gasteiger partial charge in [0.1, 0.15) is 0 Å². The standard InChI is InChI=1S/C16H26N4O3/c1-12-10-20(11-14(12)19-6-8-22-9-7-19)16(21)5-3-4-15-17-13(2)18-23-15/h12,14H,3-11H2,1-2H3. The van der Waals surface area contributed by atoms with E-state index in [4.69, 9.17) is 9.26 Å². The molecule has 2 saturated heterocycles. The number of rotatable bonds is 5. The molecule has 0 radical (unpaired) electrons. The van der Waals surface area contributed by atoms with Crippen LogP contribution in [-0.4, -0.2) is 71.3 Å². The molecule has 2 fully saturated rings. The number of amides is 1. The van der Waals surface area contributed by atoms with Gasteiger partial charge in [0, 0.05) is 45.1 Å². The van der Waals surface area contributed by atoms with E-state index < -0.39 is 0 Å². The molecule has 0 N–H and O–H groups in total. The number of aromatic nitrogens is 2. The van der Waals surface area contributed by atoms with Gasteiger partial charge in [-0.2, -0.15) is 4.98 Å². The summed E-state index contributed by atoms with van der Waals surface area (Å²) in [7, 11) is 0. The van der Waals surface area contributed by atoms with Gasteiger partial charge in [0.05, 0.1) is 13.2 Å². The highest BCUT2D eigenvalue weighted by molar-refractivity contribution is 5.76. The Morgan fingerprint density at radius 2 is 2.09 bits per heavy atom. The molecule has 3 heterocycles. The summed E-state index contributed by atoms with van der Waals surface area (Å²) in [5.74, 6) is 2.03. The minimum atomic E-state index is 0.240. The number of hydrogen-bond donors (Lipinski definition) is 0. The SMILES string of the molecule is Cc1noc(CCCC(=O)N2CC(C)C(N3CCOCC3)C2)n1. The summed E-state index contributed by atoms with van der Waals surface area (Å²) in [6, 6.07) is 0.474. The topological polar surface area (TPSA) is 71.7 Å². The van der Waals surface area contributed by atoms with Crippen molar-refractivity contribution in [3.63, 3.8) is 0 Å². The van der Waals surface area contributed by atoms with Gasteiger partial charge in [-0.15, -0.1) is 0 Å². The molecule has 7 heteroatoms. The Balaban J connectivity index is 1.44. The number of aryl methyl sites for hydroxylation is 2. The van der Waals surface area contributed by atoms with Gasteiger partial charge in [-0.3, -0.25) is 9.69 Å². The highest BCUT2D eigenvalue weighted by Crippen LogP contribution is 2.23. The first-order chi connectivity index (χ1) is 11.1. The summed E-state index contributed by atoms with van der Waals surface area (Å²) >= 11 is 0. The van der Waals surface area contributed by atoms with Crippen molar-refractivity contribution in [3.8, 4) is 0 Å². The summed E-state index contributed by atoms with van der Waals surface area (Å²) in [6.07, 6.45) is 1.97. The molecule has 3 rings (SSSR count). The van der Waals surface area contributed by atoms with E-state index in [1.807, 2.05) is 4.90 Å². The third-order valence-corrected chi connectivity index (χ3v) is 4.79. The maximum absolute atomic E-state index is 12.4. The van der Waals surface area contributed by atoms with Crippen molar-refractivity contribution >= 4 is 5.91 Å². The lowest BCUT2D eigenvalue weighted by atomic mass is 10.0. The number of ether oxygens (including phenoxy) is 1. The van der Waals surface area contributed by atoms with Gasteiger partial charge in [-0.25, -0.2) is 0 Å². The van der Waals surface area contributed by atoms with Gasteiger partial charge >= 0.3 is 0 Å². The van der Waals surface area contributed by atoms with Crippen LogP contribution in [0.2, 0.25) is 0 Å². The van der Waals surface area contributed by atoms with E-state index >= 15 is 0 Å². The van der Waals surface area contributed by atoms with Crippen molar-refractivity contribution in [3.05, 3.63) is 11.7 Å². The van der Waals surface area contributed by atoms with Crippen LogP contribution in [0.5, 0.6) is 0 Å². The van der Waals surface area contributed by atoms with Crippen LogP contribution in [0.25, 0.3) is 0 Å². The molecule has 0 saturated carbocycles. The lowest BCUT2D eigenvalue weighted by Crippen LogP contribution is -2.47. The maximum atomic E-state index is 12.4. The Morgan fingerprint density at radius 1 is 1.30 bits per heavy atom. The summed E-state index contributed by atoms with van der Waals surface area (Å²) < 4.78 is 10.5. The quantitative estimate of drug-likeness (QED) is 0.801. The predicted octanol–water partition coefficient (Wildman–Crippen LogP) is 0.880. The lowest BCUT2D eigenvalue weighted by Gasteiger charge is -2.34. The molecule has 0 bridgehead atoms. The normalized spacial score (nSPS) is 25.9. The minimum absolute atomic E-state index is 0.240. The maximum Gasteiger partial charge on any atom is 0.226 e. The largest absolute Gasteiger partial charge is 0.379 e. The van der Waals surface area contributed by atoms with E-state index in [9.17, 15) is 4.79 Å². The molecule has 2 unspecified atom stereocenters. The molecule has 128 valence electrons. The molecule has 1 aromatic heterocycles. The van der Waals surface area contributed by atoms with Gasteiger partial charge in [-0.1, -0.05) is 12.1 Å². The van der Waals surface area contributed by atoms with Crippen LogP contribution in [0.1, 0.15) is 31.5 Å². The number of carbonyl (C=O) groups is 1. The monoisotopic (exact) mass is 322 g/mol. The van der Waals surface area contributed by atoms with Crippen LogP contribution in [0.15, 0.2) is 4.52 Å². The molecule has 0 aromatic carbocycles. The third-order valence-electron chi connectivity index (χ3n) is 4.79. The van der Waals surface area contributed by atoms with Crippen LogP contribution in [0, 0.1) is 12.8 Å². The van der Waals surface area contributed by atoms with Crippen LogP contribution < -0.4 is 0 Å². The fourth-order valence-electron chi connectivity index (χ4n) is 3.53. The van der Waals surface area contributed by atoms with Gasteiger partial charge < -0.3 is 14.2 Å². The third kappa shape index (κ3) is 4.09. The van der Waals surface area contributed by atoms with Crippen LogP contribution in [0.4, 0.5) is 0 Å². The van der Waals surface area contributed by atoms with Crippen LogP contribution in [-0.2, 0) is 16.0 Å². The number of likely N-dealkylation sites (tertiary alicyclic amines) is 1. The molecule has 2 atom stereocenters. The number of morpholine rings is 1. The van der Waals surface area contributed by atoms with Crippen molar-refractivity contribution in [1.29, 1.82) is 0 Å². The van der Waals surface area contributed by atoms with Crippen LogP contribution in [0.3, 0.4) is 0 Å². The predicted molar refractivity (Wildman–Crippen MR) is 83.9 cm³/mol. The van der Waals surface area contributed by atoms with Crippen molar-refractivity contribution in [2.24, 2.45) is 5.92 Å². The zero-order valence-corrected chi connectivity index (χ0v) is 14.0. The number of hydrogen-bond acceptors (Lipinski definition) is 6. The first-order valence-corrected chi connectivity index (χ1v) is 8.52. The molecular weight excluding hydrogens is 296 g/mol. The molecule has 0 spiro atoms. The molecule has 23 heavy (non-hydrogen) atoms. The molecule has 1 amide bonds. The van der Waals surface area contributed by atoms with Gasteiger partial charge in [0.15, 0.2) is 5.82 Å². The lowest BCUT2D eigenvalue weighted by molar-refractivity contribution is -0.130. The molecule has 2 aliphatic heterocycles. The smallest absolute Gasteiger partial charge is 0.226 e. The van der Waals surface area contributed by atoms with E-state index in [1.165, 1.54) is 0 Å². The van der Waals surface area contributed by atoms with Crippen molar-refractivity contribution < 1.29 is 14.1 Å². The van der Waals surface area contributed by atoms with Gasteiger partial charge in [0.25, 0.3) is 0 Å². The zero-order valence-electron chi connectivity index (χ0n) is 14.0. The number of nitrogens with zero attached hydrogens (tertiary/aromatic N) is 4. The van der Waals surface area contributed by atoms with Gasteiger partial charge in [0.2, 0.25) is 11.8 Å². The first-order valence-electron chi connectivity index (χ1n) is 8.52. The fraction of sp³-hybridized carbons (Fsp3) is 0.812. The van der Waals surface area contributed by atoms with E-state index in [0.717, 1.165) is 45.8 Å². The Hall–Kier alpha value is -1.47. The van der Waals surface area contributed by atoms with E-state index in [2.05, 4.69) is 22.0 Å².